The molecular weight excluding hydrogens is 297 g/mol. The van der Waals surface area contributed by atoms with Gasteiger partial charge >= 0.3 is 6.18 Å². The first-order valence-corrected chi connectivity index (χ1v) is 6.41. The molecule has 1 N–H and O–H groups in total. The van der Waals surface area contributed by atoms with Crippen LogP contribution in [0.4, 0.5) is 19.0 Å². The molecule has 3 heterocycles. The highest BCUT2D eigenvalue weighted by Gasteiger charge is 2.37. The van der Waals surface area contributed by atoms with Crippen molar-refractivity contribution in [2.45, 2.75) is 19.1 Å². The van der Waals surface area contributed by atoms with Crippen molar-refractivity contribution < 1.29 is 13.2 Å². The Morgan fingerprint density at radius 1 is 1.09 bits per heavy atom. The van der Waals surface area contributed by atoms with Crippen LogP contribution in [0.25, 0.3) is 5.65 Å². The number of hydrogen-bond acceptors (Lipinski definition) is 5. The lowest BCUT2D eigenvalue weighted by molar-refractivity contribution is -0.146. The van der Waals surface area contributed by atoms with E-state index in [4.69, 9.17) is 0 Å². The number of anilines is 1. The highest BCUT2D eigenvalue weighted by atomic mass is 19.4. The summed E-state index contributed by atoms with van der Waals surface area (Å²) in [5.41, 5.74) is 0.978. The van der Waals surface area contributed by atoms with E-state index in [1.54, 1.807) is 18.5 Å². The van der Waals surface area contributed by atoms with Crippen molar-refractivity contribution in [3.8, 4) is 0 Å². The maximum absolute atomic E-state index is 12.8. The number of alkyl halides is 3. The SMILES string of the molecule is C[C@H](Nc1ccc2nnc(C(F)(F)F)n2n1)c1ccncc1. The molecule has 0 radical (unpaired) electrons. The minimum atomic E-state index is -4.61. The lowest BCUT2D eigenvalue weighted by Gasteiger charge is -2.14. The minimum Gasteiger partial charge on any atom is -0.362 e. The van der Waals surface area contributed by atoms with Crippen molar-refractivity contribution in [1.29, 1.82) is 0 Å². The van der Waals surface area contributed by atoms with Gasteiger partial charge in [0.05, 0.1) is 6.04 Å². The quantitative estimate of drug-likeness (QED) is 0.806. The van der Waals surface area contributed by atoms with E-state index in [1.807, 2.05) is 19.1 Å². The van der Waals surface area contributed by atoms with Gasteiger partial charge in [-0.25, -0.2) is 0 Å². The van der Waals surface area contributed by atoms with Gasteiger partial charge in [0.25, 0.3) is 5.82 Å². The molecule has 3 aromatic heterocycles. The van der Waals surface area contributed by atoms with Gasteiger partial charge in [-0.05, 0) is 36.8 Å². The van der Waals surface area contributed by atoms with Crippen LogP contribution < -0.4 is 5.32 Å². The van der Waals surface area contributed by atoms with Gasteiger partial charge in [-0.15, -0.1) is 15.3 Å². The molecule has 0 aromatic carbocycles. The standard InChI is InChI=1S/C13H11F3N6/c1-8(9-4-6-17-7-5-9)18-10-2-3-11-19-20-12(13(14,15)16)22(11)21-10/h2-8H,1H3,(H,18,21)/t8-/m0/s1. The van der Waals surface area contributed by atoms with E-state index in [0.717, 1.165) is 5.56 Å². The number of nitrogens with zero attached hydrogens (tertiary/aromatic N) is 5. The Bertz CT molecular complexity index is 783. The monoisotopic (exact) mass is 308 g/mol. The Hall–Kier alpha value is -2.71. The van der Waals surface area contributed by atoms with Crippen LogP contribution in [0.15, 0.2) is 36.7 Å². The molecule has 0 bridgehead atoms. The van der Waals surface area contributed by atoms with Crippen LogP contribution in [-0.2, 0) is 6.18 Å². The lowest BCUT2D eigenvalue weighted by atomic mass is 10.1. The van der Waals surface area contributed by atoms with Gasteiger partial charge in [0.2, 0.25) is 0 Å². The smallest absolute Gasteiger partial charge is 0.362 e. The highest BCUT2D eigenvalue weighted by molar-refractivity contribution is 5.45. The zero-order valence-electron chi connectivity index (χ0n) is 11.4. The number of fused-ring (bicyclic) bond motifs is 1. The van der Waals surface area contributed by atoms with Crippen molar-refractivity contribution >= 4 is 11.5 Å². The second-order valence-electron chi connectivity index (χ2n) is 4.66. The van der Waals surface area contributed by atoms with Crippen molar-refractivity contribution in [3.05, 3.63) is 48.0 Å². The normalized spacial score (nSPS) is 13.3. The fourth-order valence-electron chi connectivity index (χ4n) is 2.00. The van der Waals surface area contributed by atoms with E-state index >= 15 is 0 Å². The minimum absolute atomic E-state index is 0.0365. The molecule has 0 aliphatic heterocycles. The largest absolute Gasteiger partial charge is 0.453 e. The maximum Gasteiger partial charge on any atom is 0.453 e. The first-order chi connectivity index (χ1) is 10.4. The predicted octanol–water partition coefficient (Wildman–Crippen LogP) is 2.71. The first-order valence-electron chi connectivity index (χ1n) is 6.41. The lowest BCUT2D eigenvalue weighted by Crippen LogP contribution is -2.14. The third-order valence-electron chi connectivity index (χ3n) is 3.09. The molecule has 1 atom stereocenters. The molecule has 0 amide bonds. The second kappa shape index (κ2) is 5.24. The van der Waals surface area contributed by atoms with Gasteiger partial charge in [0, 0.05) is 12.4 Å². The fraction of sp³-hybridized carbons (Fsp3) is 0.231. The van der Waals surface area contributed by atoms with Gasteiger partial charge in [0.15, 0.2) is 5.65 Å². The molecule has 6 nitrogen and oxygen atoms in total. The van der Waals surface area contributed by atoms with E-state index < -0.39 is 12.0 Å². The number of halogens is 3. The Morgan fingerprint density at radius 2 is 1.82 bits per heavy atom. The Kier molecular flexibility index (Phi) is 3.39. The fourth-order valence-corrected chi connectivity index (χ4v) is 2.00. The van der Waals surface area contributed by atoms with Gasteiger partial charge in [-0.3, -0.25) is 4.98 Å². The summed E-state index contributed by atoms with van der Waals surface area (Å²) in [4.78, 5) is 3.92. The van der Waals surface area contributed by atoms with E-state index in [0.29, 0.717) is 10.3 Å². The Morgan fingerprint density at radius 3 is 2.50 bits per heavy atom. The summed E-state index contributed by atoms with van der Waals surface area (Å²) in [6.45, 7) is 1.87. The third-order valence-corrected chi connectivity index (χ3v) is 3.09. The summed E-state index contributed by atoms with van der Waals surface area (Å²) in [6.07, 6.45) is -1.32. The summed E-state index contributed by atoms with van der Waals surface area (Å²) >= 11 is 0. The van der Waals surface area contributed by atoms with Gasteiger partial charge < -0.3 is 5.32 Å². The van der Waals surface area contributed by atoms with Gasteiger partial charge in [0.1, 0.15) is 5.82 Å². The molecule has 0 aliphatic carbocycles. The molecule has 114 valence electrons. The molecule has 0 fully saturated rings. The molecule has 0 aliphatic rings. The molecule has 0 unspecified atom stereocenters. The van der Waals surface area contributed by atoms with Crippen LogP contribution in [0, 0.1) is 0 Å². The zero-order valence-corrected chi connectivity index (χ0v) is 11.4. The van der Waals surface area contributed by atoms with Crippen LogP contribution in [0.1, 0.15) is 24.4 Å². The van der Waals surface area contributed by atoms with Crippen LogP contribution in [0.3, 0.4) is 0 Å². The van der Waals surface area contributed by atoms with Crippen molar-refractivity contribution in [3.63, 3.8) is 0 Å². The summed E-state index contributed by atoms with van der Waals surface area (Å²) in [6, 6.07) is 6.48. The maximum atomic E-state index is 12.8. The number of aromatic nitrogens is 5. The van der Waals surface area contributed by atoms with Crippen molar-refractivity contribution in [2.75, 3.05) is 5.32 Å². The van der Waals surface area contributed by atoms with Crippen LogP contribution in [-0.4, -0.2) is 24.8 Å². The predicted molar refractivity (Wildman–Crippen MR) is 72.1 cm³/mol. The molecule has 0 saturated carbocycles. The highest BCUT2D eigenvalue weighted by Crippen LogP contribution is 2.27. The van der Waals surface area contributed by atoms with Gasteiger partial charge in [-0.2, -0.15) is 17.7 Å². The molecule has 3 rings (SSSR count). The number of hydrogen-bond donors (Lipinski definition) is 1. The Labute approximate surface area is 123 Å². The molecular formula is C13H11F3N6. The van der Waals surface area contributed by atoms with Crippen LogP contribution in [0.2, 0.25) is 0 Å². The zero-order chi connectivity index (χ0) is 15.7. The van der Waals surface area contributed by atoms with Crippen LogP contribution in [0.5, 0.6) is 0 Å². The second-order valence-corrected chi connectivity index (χ2v) is 4.66. The van der Waals surface area contributed by atoms with Crippen LogP contribution >= 0.6 is 0 Å². The summed E-state index contributed by atoms with van der Waals surface area (Å²) in [7, 11) is 0. The number of rotatable bonds is 3. The van der Waals surface area contributed by atoms with E-state index in [-0.39, 0.29) is 11.7 Å². The van der Waals surface area contributed by atoms with Crippen molar-refractivity contribution in [1.82, 2.24) is 24.8 Å². The Balaban J connectivity index is 1.92. The molecule has 0 spiro atoms. The van der Waals surface area contributed by atoms with Crippen molar-refractivity contribution in [2.24, 2.45) is 0 Å². The van der Waals surface area contributed by atoms with E-state index in [9.17, 15) is 13.2 Å². The van der Waals surface area contributed by atoms with E-state index in [1.165, 1.54) is 6.07 Å². The average molecular weight is 308 g/mol. The van der Waals surface area contributed by atoms with Gasteiger partial charge in [-0.1, -0.05) is 0 Å². The molecule has 3 aromatic rings. The summed E-state index contributed by atoms with van der Waals surface area (Å²) in [5, 5.41) is 13.5. The summed E-state index contributed by atoms with van der Waals surface area (Å²) in [5.74, 6) is -0.857. The molecule has 0 saturated heterocycles. The third kappa shape index (κ3) is 2.69. The van der Waals surface area contributed by atoms with E-state index in [2.05, 4.69) is 25.6 Å². The average Bonchev–Trinajstić information content (AvgIpc) is 2.91. The topological polar surface area (TPSA) is 68.0 Å². The molecule has 22 heavy (non-hydrogen) atoms. The molecule has 9 heteroatoms. The number of pyridine rings is 1. The first kappa shape index (κ1) is 14.2. The number of nitrogens with one attached hydrogen (secondary N) is 1. The summed E-state index contributed by atoms with van der Waals surface area (Å²) < 4.78 is 39.1.